The summed E-state index contributed by atoms with van der Waals surface area (Å²) in [7, 11) is -2.19. The van der Waals surface area contributed by atoms with Gasteiger partial charge in [0.25, 0.3) is 0 Å². The molecule has 0 unspecified atom stereocenters. The number of sulfonamides is 1. The zero-order valence-corrected chi connectivity index (χ0v) is 11.5. The van der Waals surface area contributed by atoms with Crippen LogP contribution in [0.3, 0.4) is 0 Å². The minimum absolute atomic E-state index is 0.0720. The molecule has 0 spiro atoms. The molecule has 2 N–H and O–H groups in total. The number of nitrogens with zero attached hydrogens (tertiary/aromatic N) is 1. The second-order valence-electron chi connectivity index (χ2n) is 4.53. The van der Waals surface area contributed by atoms with Gasteiger partial charge in [-0.2, -0.15) is 4.31 Å². The number of piperidine rings is 1. The number of ether oxygens (including phenoxy) is 1. The predicted octanol–water partition coefficient (Wildman–Crippen LogP) is 1.21. The number of nitrogen functional groups attached to an aromatic ring is 1. The fraction of sp³-hybridized carbons (Fsp3) is 0.500. The summed E-state index contributed by atoms with van der Waals surface area (Å²) in [6.07, 6.45) is 1.31. The van der Waals surface area contributed by atoms with Gasteiger partial charge in [-0.1, -0.05) is 0 Å². The van der Waals surface area contributed by atoms with Crippen LogP contribution in [0.4, 0.5) is 10.1 Å². The highest BCUT2D eigenvalue weighted by Gasteiger charge is 2.31. The smallest absolute Gasteiger partial charge is 0.245 e. The van der Waals surface area contributed by atoms with E-state index in [9.17, 15) is 12.8 Å². The topological polar surface area (TPSA) is 72.6 Å². The summed E-state index contributed by atoms with van der Waals surface area (Å²) in [6.45, 7) is 0.676. The highest BCUT2D eigenvalue weighted by Crippen LogP contribution is 2.24. The summed E-state index contributed by atoms with van der Waals surface area (Å²) < 4.78 is 44.8. The number of benzene rings is 1. The van der Waals surface area contributed by atoms with E-state index in [4.69, 9.17) is 10.5 Å². The van der Waals surface area contributed by atoms with Gasteiger partial charge in [0.2, 0.25) is 10.0 Å². The van der Waals surface area contributed by atoms with Gasteiger partial charge in [0, 0.05) is 25.9 Å². The number of anilines is 1. The molecule has 1 aliphatic rings. The maximum Gasteiger partial charge on any atom is 0.245 e. The molecule has 0 saturated carbocycles. The van der Waals surface area contributed by atoms with Crippen molar-refractivity contribution in [3.05, 3.63) is 24.0 Å². The average molecular weight is 288 g/mol. The van der Waals surface area contributed by atoms with Crippen LogP contribution < -0.4 is 5.73 Å². The van der Waals surface area contributed by atoms with Crippen LogP contribution in [-0.2, 0) is 14.8 Å². The van der Waals surface area contributed by atoms with Gasteiger partial charge in [-0.25, -0.2) is 12.8 Å². The number of halogens is 1. The summed E-state index contributed by atoms with van der Waals surface area (Å²) in [6, 6.07) is 3.62. The van der Waals surface area contributed by atoms with E-state index < -0.39 is 15.8 Å². The van der Waals surface area contributed by atoms with E-state index in [0.29, 0.717) is 25.9 Å². The fourth-order valence-electron chi connectivity index (χ4n) is 2.17. The fourth-order valence-corrected chi connectivity index (χ4v) is 3.69. The lowest BCUT2D eigenvalue weighted by molar-refractivity contribution is 0.0604. The van der Waals surface area contributed by atoms with Gasteiger partial charge in [-0.15, -0.1) is 0 Å². The van der Waals surface area contributed by atoms with Crippen LogP contribution in [0.25, 0.3) is 0 Å². The highest BCUT2D eigenvalue weighted by molar-refractivity contribution is 7.89. The third-order valence-electron chi connectivity index (χ3n) is 3.31. The lowest BCUT2D eigenvalue weighted by Crippen LogP contribution is -2.40. The van der Waals surface area contributed by atoms with Crippen molar-refractivity contribution in [2.24, 2.45) is 0 Å². The van der Waals surface area contributed by atoms with Crippen LogP contribution in [0.2, 0.25) is 0 Å². The molecule has 1 fully saturated rings. The van der Waals surface area contributed by atoms with Crippen LogP contribution in [0.1, 0.15) is 12.8 Å². The van der Waals surface area contributed by atoms with Gasteiger partial charge < -0.3 is 10.5 Å². The van der Waals surface area contributed by atoms with Crippen LogP contribution in [-0.4, -0.2) is 39.0 Å². The molecule has 19 heavy (non-hydrogen) atoms. The van der Waals surface area contributed by atoms with Crippen molar-refractivity contribution >= 4 is 15.7 Å². The van der Waals surface area contributed by atoms with E-state index in [-0.39, 0.29) is 16.7 Å². The molecule has 2 rings (SSSR count). The second-order valence-corrected chi connectivity index (χ2v) is 6.44. The van der Waals surface area contributed by atoms with Gasteiger partial charge in [-0.3, -0.25) is 0 Å². The zero-order chi connectivity index (χ0) is 14.0. The first kappa shape index (κ1) is 14.2. The molecule has 0 bridgehead atoms. The Hall–Kier alpha value is -1.18. The lowest BCUT2D eigenvalue weighted by Gasteiger charge is -2.30. The normalized spacial score (nSPS) is 18.6. The van der Waals surface area contributed by atoms with Crippen molar-refractivity contribution in [1.29, 1.82) is 0 Å². The molecule has 1 saturated heterocycles. The summed E-state index contributed by atoms with van der Waals surface area (Å²) in [4.78, 5) is -0.322. The van der Waals surface area contributed by atoms with Crippen LogP contribution in [0.5, 0.6) is 0 Å². The molecular formula is C12H17FN2O3S. The Labute approximate surface area is 112 Å². The Kier molecular flexibility index (Phi) is 4.07. The number of methoxy groups -OCH3 is 1. The molecule has 5 nitrogen and oxygen atoms in total. The first-order valence-corrected chi connectivity index (χ1v) is 7.47. The van der Waals surface area contributed by atoms with Gasteiger partial charge in [0.05, 0.1) is 6.10 Å². The standard InChI is InChI=1S/C12H17FN2O3S/c1-18-10-4-6-15(7-5-10)19(16,17)12-3-2-9(14)8-11(12)13/h2-3,8,10H,4-7,14H2,1H3. The van der Waals surface area contributed by atoms with Gasteiger partial charge >= 0.3 is 0 Å². The molecule has 0 aromatic heterocycles. The number of hydrogen-bond acceptors (Lipinski definition) is 4. The predicted molar refractivity (Wildman–Crippen MR) is 69.6 cm³/mol. The minimum Gasteiger partial charge on any atom is -0.399 e. The lowest BCUT2D eigenvalue weighted by atomic mass is 10.1. The Morgan fingerprint density at radius 1 is 1.37 bits per heavy atom. The molecule has 0 amide bonds. The minimum atomic E-state index is -3.79. The van der Waals surface area contributed by atoms with Gasteiger partial charge in [0.15, 0.2) is 0 Å². The van der Waals surface area contributed by atoms with Crippen LogP contribution in [0, 0.1) is 5.82 Å². The molecule has 1 heterocycles. The molecule has 0 aliphatic carbocycles. The Morgan fingerprint density at radius 3 is 2.53 bits per heavy atom. The van der Waals surface area contributed by atoms with E-state index in [1.54, 1.807) is 7.11 Å². The Balaban J connectivity index is 2.23. The third-order valence-corrected chi connectivity index (χ3v) is 5.24. The Morgan fingerprint density at radius 2 is 2.00 bits per heavy atom. The number of rotatable bonds is 3. The third kappa shape index (κ3) is 2.88. The van der Waals surface area contributed by atoms with E-state index >= 15 is 0 Å². The average Bonchev–Trinajstić information content (AvgIpc) is 2.38. The van der Waals surface area contributed by atoms with E-state index in [1.165, 1.54) is 16.4 Å². The van der Waals surface area contributed by atoms with Crippen molar-refractivity contribution in [1.82, 2.24) is 4.31 Å². The quantitative estimate of drug-likeness (QED) is 0.848. The van der Waals surface area contributed by atoms with Crippen molar-refractivity contribution < 1.29 is 17.5 Å². The highest BCUT2D eigenvalue weighted by atomic mass is 32.2. The SMILES string of the molecule is COC1CCN(S(=O)(=O)c2ccc(N)cc2F)CC1. The van der Waals surface area contributed by atoms with Crippen LogP contribution >= 0.6 is 0 Å². The first-order chi connectivity index (χ1) is 8.95. The first-order valence-electron chi connectivity index (χ1n) is 6.03. The van der Waals surface area contributed by atoms with Crippen molar-refractivity contribution in [3.8, 4) is 0 Å². The van der Waals surface area contributed by atoms with E-state index in [1.807, 2.05) is 0 Å². The maximum atomic E-state index is 13.7. The molecule has 0 atom stereocenters. The largest absolute Gasteiger partial charge is 0.399 e. The number of hydrogen-bond donors (Lipinski definition) is 1. The van der Waals surface area contributed by atoms with Gasteiger partial charge in [0.1, 0.15) is 10.7 Å². The number of nitrogens with two attached hydrogens (primary N) is 1. The summed E-state index contributed by atoms with van der Waals surface area (Å²) in [5.74, 6) is -0.811. The maximum absolute atomic E-state index is 13.7. The molecule has 7 heteroatoms. The Bertz CT molecular complexity index is 554. The van der Waals surface area contributed by atoms with Crippen molar-refractivity contribution in [2.45, 2.75) is 23.8 Å². The van der Waals surface area contributed by atoms with Gasteiger partial charge in [-0.05, 0) is 31.0 Å². The monoisotopic (exact) mass is 288 g/mol. The summed E-state index contributed by atoms with van der Waals surface area (Å²) in [5.41, 5.74) is 5.62. The summed E-state index contributed by atoms with van der Waals surface area (Å²) in [5, 5.41) is 0. The molecule has 106 valence electrons. The molecular weight excluding hydrogens is 271 g/mol. The van der Waals surface area contributed by atoms with Crippen LogP contribution in [0.15, 0.2) is 23.1 Å². The molecule has 1 aromatic rings. The molecule has 0 radical (unpaired) electrons. The molecule has 1 aliphatic heterocycles. The second kappa shape index (κ2) is 5.44. The van der Waals surface area contributed by atoms with E-state index in [0.717, 1.165) is 6.07 Å². The van der Waals surface area contributed by atoms with E-state index in [2.05, 4.69) is 0 Å². The zero-order valence-electron chi connectivity index (χ0n) is 10.7. The van der Waals surface area contributed by atoms with Crippen molar-refractivity contribution in [3.63, 3.8) is 0 Å². The van der Waals surface area contributed by atoms with Crippen molar-refractivity contribution in [2.75, 3.05) is 25.9 Å². The summed E-state index contributed by atoms with van der Waals surface area (Å²) >= 11 is 0. The molecule has 1 aromatic carbocycles.